The minimum Gasteiger partial charge on any atom is -0.486 e. The molecule has 0 aromatic heterocycles. The number of Topliss-reactive ketones (excluding diaryl/α,β-unsaturated/α-hetero) is 1. The summed E-state index contributed by atoms with van der Waals surface area (Å²) >= 11 is 0. The van der Waals surface area contributed by atoms with E-state index in [1.165, 1.54) is 6.08 Å². The fourth-order valence-corrected chi connectivity index (χ4v) is 3.41. The van der Waals surface area contributed by atoms with Crippen LogP contribution in [0.3, 0.4) is 0 Å². The standard InChI is InChI=1S/C19H23NO4/c1-2-20-9-7-19(8-10-20)12-17(23)16-11-14(3-5-15(22)13-21)4-6-18(16)24-19/h3-6,11,21H,2,7-10,12-13H2,1H3/b5-3+. The second kappa shape index (κ2) is 6.87. The third-order valence-electron chi connectivity index (χ3n) is 4.95. The van der Waals surface area contributed by atoms with Crippen LogP contribution in [0.1, 0.15) is 42.1 Å². The van der Waals surface area contributed by atoms with E-state index in [2.05, 4.69) is 11.8 Å². The minimum atomic E-state index is -0.513. The molecule has 5 heteroatoms. The Morgan fingerprint density at radius 2 is 2.12 bits per heavy atom. The summed E-state index contributed by atoms with van der Waals surface area (Å²) in [5.41, 5.74) is 0.973. The number of fused-ring (bicyclic) bond motifs is 1. The summed E-state index contributed by atoms with van der Waals surface area (Å²) < 4.78 is 6.25. The minimum absolute atomic E-state index is 0.102. The Morgan fingerprint density at radius 3 is 2.79 bits per heavy atom. The average Bonchev–Trinajstić information content (AvgIpc) is 2.60. The molecule has 1 fully saturated rings. The zero-order valence-corrected chi connectivity index (χ0v) is 14.0. The Labute approximate surface area is 141 Å². The molecule has 0 atom stereocenters. The quantitative estimate of drug-likeness (QED) is 0.857. The molecule has 1 saturated heterocycles. The number of aliphatic hydroxyl groups is 1. The molecule has 0 bridgehead atoms. The molecule has 1 aromatic rings. The number of hydrogen-bond acceptors (Lipinski definition) is 5. The summed E-state index contributed by atoms with van der Waals surface area (Å²) in [6.45, 7) is 4.59. The summed E-state index contributed by atoms with van der Waals surface area (Å²) in [5.74, 6) is 0.378. The SMILES string of the molecule is CCN1CCC2(CC1)CC(=O)c1cc(/C=C/C(=O)CO)ccc1O2. The molecule has 2 aliphatic rings. The van der Waals surface area contributed by atoms with Crippen molar-refractivity contribution in [1.82, 2.24) is 4.90 Å². The predicted octanol–water partition coefficient (Wildman–Crippen LogP) is 2.08. The molecule has 0 aliphatic carbocycles. The summed E-state index contributed by atoms with van der Waals surface area (Å²) in [6, 6.07) is 5.39. The molecule has 128 valence electrons. The molecular weight excluding hydrogens is 306 g/mol. The van der Waals surface area contributed by atoms with Gasteiger partial charge in [0.05, 0.1) is 12.0 Å². The molecule has 5 nitrogen and oxygen atoms in total. The molecule has 2 aliphatic heterocycles. The van der Waals surface area contributed by atoms with E-state index in [4.69, 9.17) is 9.84 Å². The number of hydrogen-bond donors (Lipinski definition) is 1. The van der Waals surface area contributed by atoms with E-state index in [9.17, 15) is 9.59 Å². The highest BCUT2D eigenvalue weighted by atomic mass is 16.5. The van der Waals surface area contributed by atoms with Gasteiger partial charge in [-0.15, -0.1) is 0 Å². The molecule has 1 aromatic carbocycles. The molecule has 0 radical (unpaired) electrons. The van der Waals surface area contributed by atoms with Gasteiger partial charge < -0.3 is 14.7 Å². The highest BCUT2D eigenvalue weighted by molar-refractivity contribution is 6.01. The van der Waals surface area contributed by atoms with Crippen LogP contribution in [0.4, 0.5) is 0 Å². The Balaban J connectivity index is 1.79. The largest absolute Gasteiger partial charge is 0.486 e. The number of ketones is 2. The number of piperidine rings is 1. The molecular formula is C19H23NO4. The van der Waals surface area contributed by atoms with Gasteiger partial charge in [0.25, 0.3) is 0 Å². The van der Waals surface area contributed by atoms with Gasteiger partial charge in [0.15, 0.2) is 11.6 Å². The Hall–Kier alpha value is -1.98. The third-order valence-corrected chi connectivity index (χ3v) is 4.95. The lowest BCUT2D eigenvalue weighted by Gasteiger charge is -2.43. The van der Waals surface area contributed by atoms with Crippen molar-refractivity contribution in [2.45, 2.75) is 31.8 Å². The summed E-state index contributed by atoms with van der Waals surface area (Å²) in [6.07, 6.45) is 5.09. The van der Waals surface area contributed by atoms with Crippen LogP contribution >= 0.6 is 0 Å². The van der Waals surface area contributed by atoms with Crippen molar-refractivity contribution in [3.63, 3.8) is 0 Å². The van der Waals surface area contributed by atoms with Crippen molar-refractivity contribution in [1.29, 1.82) is 0 Å². The Morgan fingerprint density at radius 1 is 1.38 bits per heavy atom. The lowest BCUT2D eigenvalue weighted by molar-refractivity contribution is -0.117. The smallest absolute Gasteiger partial charge is 0.181 e. The van der Waals surface area contributed by atoms with Gasteiger partial charge in [0.2, 0.25) is 0 Å². The number of likely N-dealkylation sites (tertiary alicyclic amines) is 1. The number of ether oxygens (including phenoxy) is 1. The van der Waals surface area contributed by atoms with Gasteiger partial charge in [-0.25, -0.2) is 0 Å². The van der Waals surface area contributed by atoms with E-state index in [-0.39, 0.29) is 17.2 Å². The van der Waals surface area contributed by atoms with Crippen LogP contribution in [-0.4, -0.2) is 53.4 Å². The second-order valence-corrected chi connectivity index (χ2v) is 6.53. The Bertz CT molecular complexity index is 672. The van der Waals surface area contributed by atoms with Crippen LogP contribution in [0.25, 0.3) is 6.08 Å². The normalized spacial score (nSPS) is 20.2. The van der Waals surface area contributed by atoms with E-state index in [1.807, 2.05) is 12.1 Å². The lowest BCUT2D eigenvalue weighted by atomic mass is 9.82. The van der Waals surface area contributed by atoms with Crippen LogP contribution in [0.2, 0.25) is 0 Å². The van der Waals surface area contributed by atoms with Crippen molar-refractivity contribution >= 4 is 17.6 Å². The molecule has 1 spiro atoms. The van der Waals surface area contributed by atoms with Gasteiger partial charge >= 0.3 is 0 Å². The lowest BCUT2D eigenvalue weighted by Crippen LogP contribution is -2.50. The molecule has 3 rings (SSSR count). The van der Waals surface area contributed by atoms with Crippen LogP contribution in [0, 0.1) is 0 Å². The van der Waals surface area contributed by atoms with Gasteiger partial charge in [-0.2, -0.15) is 0 Å². The fourth-order valence-electron chi connectivity index (χ4n) is 3.41. The van der Waals surface area contributed by atoms with Crippen LogP contribution in [-0.2, 0) is 4.79 Å². The maximum absolute atomic E-state index is 12.6. The first-order valence-electron chi connectivity index (χ1n) is 8.45. The highest BCUT2D eigenvalue weighted by Crippen LogP contribution is 2.39. The zero-order chi connectivity index (χ0) is 17.2. The third kappa shape index (κ3) is 3.42. The zero-order valence-electron chi connectivity index (χ0n) is 14.0. The number of rotatable bonds is 4. The Kier molecular flexibility index (Phi) is 4.83. The molecule has 1 N–H and O–H groups in total. The van der Waals surface area contributed by atoms with Crippen molar-refractivity contribution in [2.75, 3.05) is 26.2 Å². The van der Waals surface area contributed by atoms with E-state index >= 15 is 0 Å². The second-order valence-electron chi connectivity index (χ2n) is 6.53. The van der Waals surface area contributed by atoms with E-state index < -0.39 is 6.61 Å². The van der Waals surface area contributed by atoms with Crippen molar-refractivity contribution in [2.24, 2.45) is 0 Å². The first-order valence-corrected chi connectivity index (χ1v) is 8.45. The maximum atomic E-state index is 12.6. The highest BCUT2D eigenvalue weighted by Gasteiger charge is 2.42. The number of aliphatic hydroxyl groups excluding tert-OH is 1. The number of carbonyl (C=O) groups is 2. The fraction of sp³-hybridized carbons (Fsp3) is 0.474. The van der Waals surface area contributed by atoms with Gasteiger partial charge in [-0.1, -0.05) is 19.1 Å². The first-order chi connectivity index (χ1) is 11.5. The first kappa shape index (κ1) is 16.9. The monoisotopic (exact) mass is 329 g/mol. The van der Waals surface area contributed by atoms with Crippen molar-refractivity contribution < 1.29 is 19.4 Å². The topological polar surface area (TPSA) is 66.8 Å². The summed E-state index contributed by atoms with van der Waals surface area (Å²) in [5, 5.41) is 8.75. The predicted molar refractivity (Wildman–Crippen MR) is 91.2 cm³/mol. The molecule has 0 unspecified atom stereocenters. The van der Waals surface area contributed by atoms with Crippen LogP contribution in [0.5, 0.6) is 5.75 Å². The van der Waals surface area contributed by atoms with E-state index in [0.717, 1.165) is 38.0 Å². The molecule has 24 heavy (non-hydrogen) atoms. The number of carbonyl (C=O) groups excluding carboxylic acids is 2. The van der Waals surface area contributed by atoms with Crippen LogP contribution < -0.4 is 4.74 Å². The van der Waals surface area contributed by atoms with Crippen molar-refractivity contribution in [3.05, 3.63) is 35.4 Å². The van der Waals surface area contributed by atoms with E-state index in [0.29, 0.717) is 17.7 Å². The average molecular weight is 329 g/mol. The molecule has 0 amide bonds. The maximum Gasteiger partial charge on any atom is 0.181 e. The van der Waals surface area contributed by atoms with Gasteiger partial charge in [-0.05, 0) is 30.3 Å². The van der Waals surface area contributed by atoms with Crippen molar-refractivity contribution in [3.8, 4) is 5.75 Å². The molecule has 2 heterocycles. The number of benzene rings is 1. The molecule has 0 saturated carbocycles. The summed E-state index contributed by atoms with van der Waals surface area (Å²) in [7, 11) is 0. The van der Waals surface area contributed by atoms with Crippen LogP contribution in [0.15, 0.2) is 24.3 Å². The summed E-state index contributed by atoms with van der Waals surface area (Å²) in [4.78, 5) is 26.2. The van der Waals surface area contributed by atoms with Gasteiger partial charge in [0.1, 0.15) is 18.0 Å². The van der Waals surface area contributed by atoms with Gasteiger partial charge in [-0.3, -0.25) is 9.59 Å². The van der Waals surface area contributed by atoms with Gasteiger partial charge in [0, 0.05) is 25.9 Å². The number of nitrogens with zero attached hydrogens (tertiary/aromatic N) is 1. The van der Waals surface area contributed by atoms with E-state index in [1.54, 1.807) is 12.1 Å².